The van der Waals surface area contributed by atoms with Gasteiger partial charge in [-0.1, -0.05) is 43.2 Å². The maximum absolute atomic E-state index is 14.1. The number of amides is 3. The summed E-state index contributed by atoms with van der Waals surface area (Å²) in [5, 5.41) is 6.97. The summed E-state index contributed by atoms with van der Waals surface area (Å²) in [7, 11) is 0. The lowest BCUT2D eigenvalue weighted by Gasteiger charge is -2.34. The molecule has 182 valence electrons. The van der Waals surface area contributed by atoms with Gasteiger partial charge in [-0.15, -0.1) is 11.3 Å². The lowest BCUT2D eigenvalue weighted by Crippen LogP contribution is -2.51. The van der Waals surface area contributed by atoms with Gasteiger partial charge in [0.15, 0.2) is 0 Å². The Kier molecular flexibility index (Phi) is 7.87. The number of halogens is 2. The van der Waals surface area contributed by atoms with E-state index >= 15 is 0 Å². The molecule has 2 N–H and O–H groups in total. The van der Waals surface area contributed by atoms with Crippen LogP contribution in [0.5, 0.6) is 0 Å². The van der Waals surface area contributed by atoms with Gasteiger partial charge in [0.25, 0.3) is 0 Å². The molecule has 1 fully saturated rings. The molecular weight excluding hydrogens is 472 g/mol. The number of benzene rings is 2. The van der Waals surface area contributed by atoms with Crippen molar-refractivity contribution >= 4 is 34.7 Å². The van der Waals surface area contributed by atoms with Crippen LogP contribution in [0, 0.1) is 11.6 Å². The second-order valence-corrected chi connectivity index (χ2v) is 9.33. The van der Waals surface area contributed by atoms with Crippen molar-refractivity contribution in [2.75, 3.05) is 5.32 Å². The highest BCUT2D eigenvalue weighted by Gasteiger charge is 2.40. The van der Waals surface area contributed by atoms with Crippen molar-refractivity contribution in [3.8, 4) is 0 Å². The first-order valence-electron chi connectivity index (χ1n) is 11.4. The highest BCUT2D eigenvalue weighted by Crippen LogP contribution is 2.34. The summed E-state index contributed by atoms with van der Waals surface area (Å²) in [6, 6.07) is 13.5. The predicted molar refractivity (Wildman–Crippen MR) is 129 cm³/mol. The number of thiophene rings is 1. The van der Waals surface area contributed by atoms with Gasteiger partial charge in [-0.3, -0.25) is 14.4 Å². The van der Waals surface area contributed by atoms with Gasteiger partial charge in [0, 0.05) is 17.5 Å². The zero-order valence-corrected chi connectivity index (χ0v) is 19.7. The van der Waals surface area contributed by atoms with Crippen molar-refractivity contribution in [3.05, 3.63) is 88.1 Å². The number of para-hydroxylation sites is 1. The number of nitrogens with one attached hydrogen (secondary N) is 2. The smallest absolute Gasteiger partial charge is 0.314 e. The Labute approximate surface area is 206 Å². The molecule has 35 heavy (non-hydrogen) atoms. The highest BCUT2D eigenvalue weighted by atomic mass is 32.1. The minimum atomic E-state index is -1.03. The van der Waals surface area contributed by atoms with Crippen LogP contribution in [0.2, 0.25) is 0 Å². The zero-order valence-electron chi connectivity index (χ0n) is 18.9. The SMILES string of the molecule is O=C(Nc1ccccc1F)C(=O)N(C1CCCC1)C(C(=O)NCc1ccc(F)cc1)c1cccs1. The van der Waals surface area contributed by atoms with Gasteiger partial charge in [0.2, 0.25) is 5.91 Å². The number of carbonyl (C=O) groups is 3. The Balaban J connectivity index is 1.60. The lowest BCUT2D eigenvalue weighted by atomic mass is 10.1. The van der Waals surface area contributed by atoms with Crippen LogP contribution in [0.25, 0.3) is 0 Å². The van der Waals surface area contributed by atoms with E-state index in [9.17, 15) is 23.2 Å². The Morgan fingerprint density at radius 1 is 0.971 bits per heavy atom. The molecule has 0 bridgehead atoms. The Hall–Kier alpha value is -3.59. The molecule has 1 heterocycles. The normalized spacial score (nSPS) is 14.3. The van der Waals surface area contributed by atoms with Crippen molar-refractivity contribution in [1.82, 2.24) is 10.2 Å². The molecule has 3 aromatic rings. The van der Waals surface area contributed by atoms with Crippen molar-refractivity contribution in [2.24, 2.45) is 0 Å². The summed E-state index contributed by atoms with van der Waals surface area (Å²) in [6.45, 7) is 0.134. The minimum Gasteiger partial charge on any atom is -0.350 e. The average molecular weight is 498 g/mol. The number of hydrogen-bond donors (Lipinski definition) is 2. The molecule has 4 rings (SSSR count). The monoisotopic (exact) mass is 497 g/mol. The van der Waals surface area contributed by atoms with Crippen LogP contribution in [0.15, 0.2) is 66.0 Å². The molecule has 0 saturated heterocycles. The van der Waals surface area contributed by atoms with Crippen molar-refractivity contribution in [1.29, 1.82) is 0 Å². The third kappa shape index (κ3) is 5.92. The number of hydrogen-bond acceptors (Lipinski definition) is 4. The van der Waals surface area contributed by atoms with Gasteiger partial charge in [0.1, 0.15) is 17.7 Å². The first-order chi connectivity index (χ1) is 16.9. The Morgan fingerprint density at radius 2 is 1.69 bits per heavy atom. The molecule has 2 aromatic carbocycles. The molecule has 0 radical (unpaired) electrons. The second kappa shape index (κ2) is 11.2. The van der Waals surface area contributed by atoms with Crippen LogP contribution >= 0.6 is 11.3 Å². The molecule has 1 aliphatic carbocycles. The molecule has 0 aliphatic heterocycles. The maximum Gasteiger partial charge on any atom is 0.314 e. The van der Waals surface area contributed by atoms with E-state index in [2.05, 4.69) is 10.6 Å². The summed E-state index contributed by atoms with van der Waals surface area (Å²) in [5.41, 5.74) is 0.589. The van der Waals surface area contributed by atoms with E-state index in [4.69, 9.17) is 0 Å². The van der Waals surface area contributed by atoms with Crippen LogP contribution in [-0.2, 0) is 20.9 Å². The summed E-state index contributed by atoms with van der Waals surface area (Å²) in [5.74, 6) is -3.38. The molecule has 6 nitrogen and oxygen atoms in total. The van der Waals surface area contributed by atoms with E-state index in [1.165, 1.54) is 46.6 Å². The first kappa shape index (κ1) is 24.5. The summed E-state index contributed by atoms with van der Waals surface area (Å²) >= 11 is 1.31. The van der Waals surface area contributed by atoms with E-state index in [0.29, 0.717) is 23.3 Å². The van der Waals surface area contributed by atoms with Crippen molar-refractivity contribution < 1.29 is 23.2 Å². The number of rotatable bonds is 7. The van der Waals surface area contributed by atoms with Gasteiger partial charge < -0.3 is 15.5 Å². The number of carbonyl (C=O) groups excluding carboxylic acids is 3. The van der Waals surface area contributed by atoms with E-state index < -0.39 is 29.6 Å². The van der Waals surface area contributed by atoms with Crippen molar-refractivity contribution in [3.63, 3.8) is 0 Å². The van der Waals surface area contributed by atoms with Crippen molar-refractivity contribution in [2.45, 2.75) is 44.3 Å². The maximum atomic E-state index is 14.1. The lowest BCUT2D eigenvalue weighted by molar-refractivity contribution is -0.150. The quantitative estimate of drug-likeness (QED) is 0.461. The van der Waals surface area contributed by atoms with E-state index in [-0.39, 0.29) is 24.1 Å². The average Bonchev–Trinajstić information content (AvgIpc) is 3.57. The molecular formula is C26H25F2N3O3S. The Morgan fingerprint density at radius 3 is 2.34 bits per heavy atom. The number of anilines is 1. The summed E-state index contributed by atoms with van der Waals surface area (Å²) in [4.78, 5) is 41.8. The molecule has 1 aromatic heterocycles. The van der Waals surface area contributed by atoms with Crippen LogP contribution in [-0.4, -0.2) is 28.7 Å². The first-order valence-corrected chi connectivity index (χ1v) is 12.3. The molecule has 1 aliphatic rings. The second-order valence-electron chi connectivity index (χ2n) is 8.35. The van der Waals surface area contributed by atoms with Gasteiger partial charge in [-0.05, 0) is 54.1 Å². The zero-order chi connectivity index (χ0) is 24.8. The summed E-state index contributed by atoms with van der Waals surface area (Å²) < 4.78 is 27.3. The fraction of sp³-hybridized carbons (Fsp3) is 0.269. The van der Waals surface area contributed by atoms with E-state index in [1.807, 2.05) is 0 Å². The van der Waals surface area contributed by atoms with Gasteiger partial charge in [-0.2, -0.15) is 0 Å². The molecule has 1 atom stereocenters. The molecule has 0 spiro atoms. The fourth-order valence-electron chi connectivity index (χ4n) is 4.26. The predicted octanol–water partition coefficient (Wildman–Crippen LogP) is 4.79. The standard InChI is InChI=1S/C26H25F2N3O3S/c27-18-13-11-17(12-14-18)16-29-24(32)23(22-10-5-15-35-22)31(19-6-1-2-7-19)26(34)25(33)30-21-9-4-3-8-20(21)28/h3-5,8-15,19,23H,1-2,6-7,16H2,(H,29,32)(H,30,33). The van der Waals surface area contributed by atoms with Gasteiger partial charge >= 0.3 is 11.8 Å². The third-order valence-electron chi connectivity index (χ3n) is 5.99. The van der Waals surface area contributed by atoms with Crippen LogP contribution in [0.3, 0.4) is 0 Å². The minimum absolute atomic E-state index is 0.106. The molecule has 3 amide bonds. The molecule has 9 heteroatoms. The topological polar surface area (TPSA) is 78.5 Å². The van der Waals surface area contributed by atoms with E-state index in [0.717, 1.165) is 12.8 Å². The molecule has 1 unspecified atom stereocenters. The van der Waals surface area contributed by atoms with E-state index in [1.54, 1.807) is 35.7 Å². The Bertz CT molecular complexity index is 1180. The largest absolute Gasteiger partial charge is 0.350 e. The fourth-order valence-corrected chi connectivity index (χ4v) is 5.08. The molecule has 1 saturated carbocycles. The van der Waals surface area contributed by atoms with Crippen LogP contribution in [0.1, 0.15) is 42.2 Å². The van der Waals surface area contributed by atoms with Crippen LogP contribution in [0.4, 0.5) is 14.5 Å². The third-order valence-corrected chi connectivity index (χ3v) is 6.91. The van der Waals surface area contributed by atoms with Gasteiger partial charge in [0.05, 0.1) is 5.69 Å². The van der Waals surface area contributed by atoms with Crippen LogP contribution < -0.4 is 10.6 Å². The summed E-state index contributed by atoms with van der Waals surface area (Å²) in [6.07, 6.45) is 3.06. The van der Waals surface area contributed by atoms with Gasteiger partial charge in [-0.25, -0.2) is 8.78 Å². The highest BCUT2D eigenvalue weighted by molar-refractivity contribution is 7.10. The number of nitrogens with zero attached hydrogens (tertiary/aromatic N) is 1.